The van der Waals surface area contributed by atoms with Gasteiger partial charge in [0.25, 0.3) is 0 Å². The predicted octanol–water partition coefficient (Wildman–Crippen LogP) is 5.52. The quantitative estimate of drug-likeness (QED) is 0.263. The Morgan fingerprint density at radius 3 is 2.74 bits per heavy atom. The van der Waals surface area contributed by atoms with E-state index < -0.39 is 6.10 Å². The number of hydrogen-bond donors (Lipinski definition) is 1. The molecule has 7 nitrogen and oxygen atoms in total. The zero-order valence-electron chi connectivity index (χ0n) is 22.5. The minimum Gasteiger partial charge on any atom is -0.438 e. The average molecular weight is 526 g/mol. The summed E-state index contributed by atoms with van der Waals surface area (Å²) in [6.45, 7) is 7.51. The van der Waals surface area contributed by atoms with Crippen LogP contribution in [0.1, 0.15) is 50.8 Å². The van der Waals surface area contributed by atoms with E-state index in [1.54, 1.807) is 16.8 Å². The van der Waals surface area contributed by atoms with Gasteiger partial charge in [0.1, 0.15) is 11.6 Å². The van der Waals surface area contributed by atoms with Crippen LogP contribution in [0.2, 0.25) is 0 Å². The maximum Gasteiger partial charge on any atom is 0.227 e. The summed E-state index contributed by atoms with van der Waals surface area (Å²) < 4.78 is 33.8. The summed E-state index contributed by atoms with van der Waals surface area (Å²) in [5.74, 6) is 0.586. The molecule has 206 valence electrons. The van der Waals surface area contributed by atoms with Crippen molar-refractivity contribution in [1.82, 2.24) is 14.7 Å². The van der Waals surface area contributed by atoms with Crippen molar-refractivity contribution >= 4 is 0 Å². The number of unbranched alkanes of at least 4 members (excludes halogenated alkanes) is 1. The first-order valence-electron chi connectivity index (χ1n) is 13.8. The Morgan fingerprint density at radius 2 is 2.03 bits per heavy atom. The van der Waals surface area contributed by atoms with Gasteiger partial charge in [0, 0.05) is 38.9 Å². The second-order valence-corrected chi connectivity index (χ2v) is 9.80. The maximum atomic E-state index is 14.0. The van der Waals surface area contributed by atoms with E-state index in [-0.39, 0.29) is 11.9 Å². The maximum absolute atomic E-state index is 14.0. The van der Waals surface area contributed by atoms with Crippen molar-refractivity contribution in [3.05, 3.63) is 71.7 Å². The number of para-hydroxylation sites is 1. The van der Waals surface area contributed by atoms with Crippen molar-refractivity contribution in [2.24, 2.45) is 0 Å². The molecule has 2 atom stereocenters. The van der Waals surface area contributed by atoms with Crippen LogP contribution in [0.25, 0.3) is 5.69 Å². The van der Waals surface area contributed by atoms with E-state index in [0.717, 1.165) is 49.2 Å². The Morgan fingerprint density at radius 1 is 1.18 bits per heavy atom. The third kappa shape index (κ3) is 7.86. The summed E-state index contributed by atoms with van der Waals surface area (Å²) in [6, 6.07) is 15.9. The van der Waals surface area contributed by atoms with Crippen LogP contribution in [0.15, 0.2) is 54.6 Å². The SMILES string of the molecule is CCCCOC[C@H](O)CN(Cc1c(CC)nn(-c2ccccc2)c1Oc1cccc(F)c1)C[C@@H]1CCCO1. The van der Waals surface area contributed by atoms with Crippen molar-refractivity contribution in [2.45, 2.75) is 64.7 Å². The lowest BCUT2D eigenvalue weighted by Gasteiger charge is -2.27. The first-order valence-corrected chi connectivity index (χ1v) is 13.8. The number of aliphatic hydroxyl groups excluding tert-OH is 1. The highest BCUT2D eigenvalue weighted by atomic mass is 19.1. The molecule has 1 aliphatic rings. The number of benzene rings is 2. The third-order valence-corrected chi connectivity index (χ3v) is 6.65. The van der Waals surface area contributed by atoms with Crippen LogP contribution in [0, 0.1) is 5.82 Å². The lowest BCUT2D eigenvalue weighted by Crippen LogP contribution is -2.39. The highest BCUT2D eigenvalue weighted by Gasteiger charge is 2.26. The van der Waals surface area contributed by atoms with Gasteiger partial charge in [0.15, 0.2) is 0 Å². The number of rotatable bonds is 15. The van der Waals surface area contributed by atoms with E-state index >= 15 is 0 Å². The van der Waals surface area contributed by atoms with Gasteiger partial charge in [-0.3, -0.25) is 4.90 Å². The second-order valence-electron chi connectivity index (χ2n) is 9.80. The summed E-state index contributed by atoms with van der Waals surface area (Å²) in [7, 11) is 0. The fraction of sp³-hybridized carbons (Fsp3) is 0.500. The fourth-order valence-corrected chi connectivity index (χ4v) is 4.73. The first-order chi connectivity index (χ1) is 18.6. The van der Waals surface area contributed by atoms with Crippen LogP contribution in [0.3, 0.4) is 0 Å². The summed E-state index contributed by atoms with van der Waals surface area (Å²) in [5, 5.41) is 15.7. The van der Waals surface area contributed by atoms with E-state index in [9.17, 15) is 9.50 Å². The molecule has 1 N–H and O–H groups in total. The minimum absolute atomic E-state index is 0.116. The number of ether oxygens (including phenoxy) is 3. The van der Waals surface area contributed by atoms with Gasteiger partial charge in [-0.25, -0.2) is 9.07 Å². The molecule has 1 fully saturated rings. The summed E-state index contributed by atoms with van der Waals surface area (Å²) in [6.07, 6.45) is 4.26. The molecule has 8 heteroatoms. The van der Waals surface area contributed by atoms with Gasteiger partial charge in [-0.2, -0.15) is 5.10 Å². The molecule has 1 saturated heterocycles. The topological polar surface area (TPSA) is 69.0 Å². The number of halogens is 1. The minimum atomic E-state index is -0.630. The molecule has 2 heterocycles. The van der Waals surface area contributed by atoms with Crippen molar-refractivity contribution in [1.29, 1.82) is 0 Å². The molecule has 0 spiro atoms. The molecule has 2 aromatic carbocycles. The van der Waals surface area contributed by atoms with E-state index in [1.807, 2.05) is 30.3 Å². The summed E-state index contributed by atoms with van der Waals surface area (Å²) in [5.41, 5.74) is 2.67. The van der Waals surface area contributed by atoms with Crippen molar-refractivity contribution in [3.63, 3.8) is 0 Å². The number of aryl methyl sites for hydroxylation is 1. The summed E-state index contributed by atoms with van der Waals surface area (Å²) in [4.78, 5) is 2.20. The van der Waals surface area contributed by atoms with Gasteiger partial charge < -0.3 is 19.3 Å². The molecule has 4 rings (SSSR count). The molecule has 0 bridgehead atoms. The smallest absolute Gasteiger partial charge is 0.227 e. The van der Waals surface area contributed by atoms with Crippen LogP contribution in [-0.2, 0) is 22.4 Å². The number of hydrogen-bond acceptors (Lipinski definition) is 6. The number of aliphatic hydroxyl groups is 1. The molecular weight excluding hydrogens is 485 g/mol. The standard InChI is InChI=1S/C30H40FN3O4/c1-3-5-16-36-22-25(35)19-33(20-27-15-10-17-37-27)21-28-29(4-2)32-34(24-12-7-6-8-13-24)30(28)38-26-14-9-11-23(31)18-26/h6-9,11-14,18,25,27,35H,3-5,10,15-17,19-22H2,1-2H3/t25-,27+/m1/s1. The van der Waals surface area contributed by atoms with Crippen LogP contribution in [-0.4, -0.2) is 64.9 Å². The van der Waals surface area contributed by atoms with E-state index in [1.165, 1.54) is 12.1 Å². The highest BCUT2D eigenvalue weighted by molar-refractivity contribution is 5.43. The molecule has 0 amide bonds. The monoisotopic (exact) mass is 525 g/mol. The molecule has 0 saturated carbocycles. The van der Waals surface area contributed by atoms with Gasteiger partial charge in [0.05, 0.1) is 35.8 Å². The molecule has 0 radical (unpaired) electrons. The highest BCUT2D eigenvalue weighted by Crippen LogP contribution is 2.33. The van der Waals surface area contributed by atoms with Crippen molar-refractivity contribution < 1.29 is 23.7 Å². The number of nitrogens with zero attached hydrogens (tertiary/aromatic N) is 3. The third-order valence-electron chi connectivity index (χ3n) is 6.65. The summed E-state index contributed by atoms with van der Waals surface area (Å²) >= 11 is 0. The Bertz CT molecular complexity index is 1120. The molecule has 0 unspecified atom stereocenters. The Hall–Kier alpha value is -2.78. The van der Waals surface area contributed by atoms with E-state index in [4.69, 9.17) is 19.3 Å². The Balaban J connectivity index is 1.64. The van der Waals surface area contributed by atoms with Crippen molar-refractivity contribution in [3.8, 4) is 17.3 Å². The first kappa shape index (κ1) is 28.2. The van der Waals surface area contributed by atoms with Gasteiger partial charge >= 0.3 is 0 Å². The van der Waals surface area contributed by atoms with Gasteiger partial charge in [-0.15, -0.1) is 0 Å². The molecular formula is C30H40FN3O4. The predicted molar refractivity (Wildman–Crippen MR) is 145 cm³/mol. The Labute approximate surface area is 225 Å². The second kappa shape index (κ2) is 14.4. The zero-order valence-corrected chi connectivity index (χ0v) is 22.5. The van der Waals surface area contributed by atoms with Crippen LogP contribution in [0.5, 0.6) is 11.6 Å². The van der Waals surface area contributed by atoms with Crippen LogP contribution < -0.4 is 4.74 Å². The van der Waals surface area contributed by atoms with Gasteiger partial charge in [0.2, 0.25) is 5.88 Å². The zero-order chi connectivity index (χ0) is 26.7. The van der Waals surface area contributed by atoms with Crippen LogP contribution in [0.4, 0.5) is 4.39 Å². The lowest BCUT2D eigenvalue weighted by molar-refractivity contribution is 0.00135. The van der Waals surface area contributed by atoms with Crippen molar-refractivity contribution in [2.75, 3.05) is 32.9 Å². The number of aromatic nitrogens is 2. The fourth-order valence-electron chi connectivity index (χ4n) is 4.73. The van der Waals surface area contributed by atoms with E-state index in [2.05, 4.69) is 18.7 Å². The Kier molecular flexibility index (Phi) is 10.7. The lowest BCUT2D eigenvalue weighted by atomic mass is 10.1. The largest absolute Gasteiger partial charge is 0.438 e. The van der Waals surface area contributed by atoms with Gasteiger partial charge in [-0.05, 0) is 49.9 Å². The molecule has 1 aromatic heterocycles. The average Bonchev–Trinajstić information content (AvgIpc) is 3.55. The molecule has 38 heavy (non-hydrogen) atoms. The molecule has 0 aliphatic carbocycles. The van der Waals surface area contributed by atoms with Crippen LogP contribution >= 0.6 is 0 Å². The van der Waals surface area contributed by atoms with E-state index in [0.29, 0.717) is 50.9 Å². The molecule has 1 aliphatic heterocycles. The van der Waals surface area contributed by atoms with Gasteiger partial charge in [-0.1, -0.05) is 44.5 Å². The molecule has 3 aromatic rings. The normalized spacial score (nSPS) is 16.3.